The molecule has 110 valence electrons. The minimum Gasteiger partial charge on any atom is -0.389 e. The van der Waals surface area contributed by atoms with E-state index in [0.29, 0.717) is 23.4 Å². The molecule has 0 heterocycles. The van der Waals surface area contributed by atoms with Crippen LogP contribution in [0, 0.1) is 0 Å². The first-order valence-electron chi connectivity index (χ1n) is 6.91. The smallest absolute Gasteiger partial charge is 0.222 e. The van der Waals surface area contributed by atoms with Gasteiger partial charge in [-0.3, -0.25) is 4.79 Å². The summed E-state index contributed by atoms with van der Waals surface area (Å²) in [6.45, 7) is 0.135. The molecular weight excluding hydrogens is 278 g/mol. The van der Waals surface area contributed by atoms with Crippen molar-refractivity contribution in [1.29, 1.82) is 0 Å². The van der Waals surface area contributed by atoms with Crippen LogP contribution in [0.2, 0.25) is 5.02 Å². The number of aliphatic hydroxyl groups excluding tert-OH is 1. The molecule has 1 fully saturated rings. The van der Waals surface area contributed by atoms with E-state index in [4.69, 9.17) is 11.6 Å². The van der Waals surface area contributed by atoms with Gasteiger partial charge in [0.05, 0.1) is 18.1 Å². The summed E-state index contributed by atoms with van der Waals surface area (Å²) in [7, 11) is 0. The van der Waals surface area contributed by atoms with Crippen LogP contribution in [0.3, 0.4) is 0 Å². The fourth-order valence-electron chi connectivity index (χ4n) is 2.58. The second-order valence-corrected chi connectivity index (χ2v) is 5.92. The van der Waals surface area contributed by atoms with Gasteiger partial charge in [-0.2, -0.15) is 0 Å². The van der Waals surface area contributed by atoms with Gasteiger partial charge in [0.15, 0.2) is 0 Å². The van der Waals surface area contributed by atoms with Gasteiger partial charge in [-0.05, 0) is 30.5 Å². The quantitative estimate of drug-likeness (QED) is 0.780. The highest BCUT2D eigenvalue weighted by Gasteiger charge is 2.33. The van der Waals surface area contributed by atoms with E-state index in [1.165, 1.54) is 0 Å². The zero-order chi connectivity index (χ0) is 14.6. The molecule has 1 aromatic rings. The lowest BCUT2D eigenvalue weighted by Crippen LogP contribution is -2.36. The summed E-state index contributed by atoms with van der Waals surface area (Å²) in [6, 6.07) is 6.85. The third-order valence-corrected chi connectivity index (χ3v) is 4.02. The molecule has 0 saturated heterocycles. The van der Waals surface area contributed by atoms with E-state index >= 15 is 0 Å². The topological polar surface area (TPSA) is 69.6 Å². The number of aliphatic hydroxyl groups is 2. The van der Waals surface area contributed by atoms with Crippen LogP contribution in [0.1, 0.15) is 43.8 Å². The number of halogens is 1. The Morgan fingerprint density at radius 1 is 1.30 bits per heavy atom. The molecule has 1 atom stereocenters. The molecule has 1 unspecified atom stereocenters. The van der Waals surface area contributed by atoms with Crippen LogP contribution in [0.4, 0.5) is 0 Å². The maximum absolute atomic E-state index is 11.8. The van der Waals surface area contributed by atoms with Crippen LogP contribution in [-0.4, -0.2) is 28.3 Å². The molecule has 20 heavy (non-hydrogen) atoms. The molecule has 5 heteroatoms. The number of rotatable bonds is 5. The Labute approximate surface area is 123 Å². The van der Waals surface area contributed by atoms with Crippen molar-refractivity contribution in [3.05, 3.63) is 34.9 Å². The lowest BCUT2D eigenvalue weighted by atomic mass is 9.97. The molecule has 1 saturated carbocycles. The van der Waals surface area contributed by atoms with E-state index in [-0.39, 0.29) is 18.9 Å². The van der Waals surface area contributed by atoms with E-state index in [9.17, 15) is 15.0 Å². The van der Waals surface area contributed by atoms with Crippen molar-refractivity contribution in [1.82, 2.24) is 5.32 Å². The van der Waals surface area contributed by atoms with Gasteiger partial charge >= 0.3 is 0 Å². The zero-order valence-corrected chi connectivity index (χ0v) is 12.1. The van der Waals surface area contributed by atoms with E-state index in [1.54, 1.807) is 24.3 Å². The molecule has 0 aliphatic heterocycles. The Balaban J connectivity index is 1.79. The van der Waals surface area contributed by atoms with Gasteiger partial charge in [-0.25, -0.2) is 0 Å². The molecule has 0 aromatic heterocycles. The molecule has 1 amide bonds. The van der Waals surface area contributed by atoms with Gasteiger partial charge in [0, 0.05) is 11.6 Å². The molecule has 0 radical (unpaired) electrons. The average Bonchev–Trinajstić information content (AvgIpc) is 2.83. The van der Waals surface area contributed by atoms with E-state index in [2.05, 4.69) is 5.32 Å². The number of carbonyl (C=O) groups is 1. The largest absolute Gasteiger partial charge is 0.389 e. The molecule has 2 rings (SSSR count). The van der Waals surface area contributed by atoms with E-state index in [0.717, 1.165) is 12.8 Å². The number of carbonyl (C=O) groups excluding carboxylic acids is 1. The molecule has 1 aliphatic carbocycles. The molecule has 1 aromatic carbocycles. The fraction of sp³-hybridized carbons (Fsp3) is 0.533. The lowest BCUT2D eigenvalue weighted by molar-refractivity contribution is -0.126. The second kappa shape index (κ2) is 6.57. The van der Waals surface area contributed by atoms with E-state index in [1.807, 2.05) is 0 Å². The Hall–Kier alpha value is -1.10. The van der Waals surface area contributed by atoms with Crippen LogP contribution in [0.15, 0.2) is 24.3 Å². The maximum atomic E-state index is 11.8. The summed E-state index contributed by atoms with van der Waals surface area (Å²) in [6.07, 6.45) is 2.64. The monoisotopic (exact) mass is 297 g/mol. The van der Waals surface area contributed by atoms with Crippen molar-refractivity contribution in [3.8, 4) is 0 Å². The second-order valence-electron chi connectivity index (χ2n) is 5.48. The van der Waals surface area contributed by atoms with Crippen molar-refractivity contribution >= 4 is 17.5 Å². The third kappa shape index (κ3) is 4.20. The normalized spacial score (nSPS) is 18.8. The van der Waals surface area contributed by atoms with Crippen molar-refractivity contribution in [2.75, 3.05) is 6.54 Å². The Kier molecular flexibility index (Phi) is 5.02. The number of amides is 1. The molecule has 4 nitrogen and oxygen atoms in total. The van der Waals surface area contributed by atoms with Gasteiger partial charge in [0.25, 0.3) is 0 Å². The molecular formula is C15H20ClNO3. The van der Waals surface area contributed by atoms with Crippen molar-refractivity contribution in [3.63, 3.8) is 0 Å². The number of benzene rings is 1. The Morgan fingerprint density at radius 3 is 2.50 bits per heavy atom. The summed E-state index contributed by atoms with van der Waals surface area (Å²) >= 11 is 5.78. The average molecular weight is 298 g/mol. The highest BCUT2D eigenvalue weighted by molar-refractivity contribution is 6.30. The fourth-order valence-corrected chi connectivity index (χ4v) is 2.71. The van der Waals surface area contributed by atoms with Gasteiger partial charge in [0.2, 0.25) is 5.91 Å². The van der Waals surface area contributed by atoms with Crippen molar-refractivity contribution in [2.45, 2.75) is 43.8 Å². The highest BCUT2D eigenvalue weighted by Crippen LogP contribution is 2.32. The third-order valence-electron chi connectivity index (χ3n) is 3.77. The van der Waals surface area contributed by atoms with Gasteiger partial charge in [-0.15, -0.1) is 0 Å². The Bertz CT molecular complexity index is 455. The summed E-state index contributed by atoms with van der Waals surface area (Å²) in [5.74, 6) is -0.220. The minimum atomic E-state index is -0.852. The van der Waals surface area contributed by atoms with Crippen LogP contribution in [0.5, 0.6) is 0 Å². The van der Waals surface area contributed by atoms with Gasteiger partial charge < -0.3 is 15.5 Å². The SMILES string of the molecule is O=C(CC1(O)CCCC1)NCC(O)c1ccc(Cl)cc1. The van der Waals surface area contributed by atoms with Crippen LogP contribution in [0.25, 0.3) is 0 Å². The summed E-state index contributed by atoms with van der Waals surface area (Å²) < 4.78 is 0. The summed E-state index contributed by atoms with van der Waals surface area (Å²) in [5, 5.41) is 23.4. The highest BCUT2D eigenvalue weighted by atomic mass is 35.5. The number of nitrogens with one attached hydrogen (secondary N) is 1. The van der Waals surface area contributed by atoms with Crippen LogP contribution >= 0.6 is 11.6 Å². The molecule has 0 bridgehead atoms. The van der Waals surface area contributed by atoms with Crippen molar-refractivity contribution < 1.29 is 15.0 Å². The lowest BCUT2D eigenvalue weighted by Gasteiger charge is -2.21. The maximum Gasteiger partial charge on any atom is 0.222 e. The molecule has 3 N–H and O–H groups in total. The van der Waals surface area contributed by atoms with Crippen LogP contribution in [-0.2, 0) is 4.79 Å². The minimum absolute atomic E-state index is 0.111. The first-order chi connectivity index (χ1) is 9.48. The van der Waals surface area contributed by atoms with E-state index < -0.39 is 11.7 Å². The molecule has 1 aliphatic rings. The first-order valence-corrected chi connectivity index (χ1v) is 7.29. The number of hydrogen-bond donors (Lipinski definition) is 3. The van der Waals surface area contributed by atoms with Gasteiger partial charge in [-0.1, -0.05) is 36.6 Å². The summed E-state index contributed by atoms with van der Waals surface area (Å²) in [5.41, 5.74) is -0.149. The first kappa shape index (κ1) is 15.3. The standard InChI is InChI=1S/C15H20ClNO3/c16-12-5-3-11(4-6-12)13(18)10-17-14(19)9-15(20)7-1-2-8-15/h3-6,13,18,20H,1-2,7-10H2,(H,17,19). The zero-order valence-electron chi connectivity index (χ0n) is 11.3. The van der Waals surface area contributed by atoms with Crippen LogP contribution < -0.4 is 5.32 Å². The Morgan fingerprint density at radius 2 is 1.90 bits per heavy atom. The van der Waals surface area contributed by atoms with Crippen molar-refractivity contribution in [2.24, 2.45) is 0 Å². The number of hydrogen-bond acceptors (Lipinski definition) is 3. The predicted octanol–water partition coefficient (Wildman–Crippen LogP) is 2.18. The predicted molar refractivity (Wildman–Crippen MR) is 77.5 cm³/mol. The molecule has 0 spiro atoms. The summed E-state index contributed by atoms with van der Waals surface area (Å²) in [4.78, 5) is 11.8. The van der Waals surface area contributed by atoms with Gasteiger partial charge in [0.1, 0.15) is 0 Å².